The second-order valence-corrected chi connectivity index (χ2v) is 4.96. The monoisotopic (exact) mass is 285 g/mol. The van der Waals surface area contributed by atoms with Crippen LogP contribution in [0.15, 0.2) is 48.7 Å². The highest BCUT2D eigenvalue weighted by atomic mass is 35.5. The number of fused-ring (bicyclic) bond motifs is 1. The number of amides is 1. The topological polar surface area (TPSA) is 57.8 Å². The maximum atomic E-state index is 12.0. The van der Waals surface area contributed by atoms with Crippen LogP contribution in [0, 0.1) is 0 Å². The largest absolute Gasteiger partial charge is 0.326 e. The Morgan fingerprint density at radius 1 is 1.20 bits per heavy atom. The van der Waals surface area contributed by atoms with Crippen molar-refractivity contribution in [1.82, 2.24) is 10.2 Å². The standard InChI is InChI=1S/C15H12ClN3O/c16-12-3-1-10(2-4-12)7-15(20)18-13-5-6-14-11(8-13)9-17-19-14/h1-6,8-9H,7H2,(H,17,19)(H,18,20). The minimum absolute atomic E-state index is 0.0600. The van der Waals surface area contributed by atoms with Crippen molar-refractivity contribution in [3.8, 4) is 0 Å². The van der Waals surface area contributed by atoms with E-state index >= 15 is 0 Å². The molecular weight excluding hydrogens is 274 g/mol. The van der Waals surface area contributed by atoms with Gasteiger partial charge in [-0.05, 0) is 35.9 Å². The number of hydrogen-bond acceptors (Lipinski definition) is 2. The van der Waals surface area contributed by atoms with Crippen molar-refractivity contribution in [2.75, 3.05) is 5.32 Å². The molecule has 100 valence electrons. The minimum Gasteiger partial charge on any atom is -0.326 e. The van der Waals surface area contributed by atoms with Gasteiger partial charge in [0.2, 0.25) is 5.91 Å². The van der Waals surface area contributed by atoms with Crippen molar-refractivity contribution in [3.05, 3.63) is 59.2 Å². The molecule has 0 radical (unpaired) electrons. The lowest BCUT2D eigenvalue weighted by Gasteiger charge is -2.05. The number of anilines is 1. The first-order valence-corrected chi connectivity index (χ1v) is 6.56. The summed E-state index contributed by atoms with van der Waals surface area (Å²) in [4.78, 5) is 12.0. The van der Waals surface area contributed by atoms with Crippen LogP contribution in [0.1, 0.15) is 5.56 Å². The number of H-pyrrole nitrogens is 1. The molecule has 0 saturated carbocycles. The van der Waals surface area contributed by atoms with Gasteiger partial charge in [0.15, 0.2) is 0 Å². The van der Waals surface area contributed by atoms with Crippen molar-refractivity contribution in [2.45, 2.75) is 6.42 Å². The van der Waals surface area contributed by atoms with Gasteiger partial charge in [-0.1, -0.05) is 23.7 Å². The number of aromatic nitrogens is 2. The fraction of sp³-hybridized carbons (Fsp3) is 0.0667. The van der Waals surface area contributed by atoms with E-state index in [1.54, 1.807) is 18.3 Å². The summed E-state index contributed by atoms with van der Waals surface area (Å²) in [7, 11) is 0. The maximum Gasteiger partial charge on any atom is 0.228 e. The van der Waals surface area contributed by atoms with Gasteiger partial charge in [0.1, 0.15) is 0 Å². The molecule has 2 N–H and O–H groups in total. The molecule has 3 aromatic rings. The molecule has 0 aliphatic carbocycles. The summed E-state index contributed by atoms with van der Waals surface area (Å²) in [6.45, 7) is 0. The predicted octanol–water partition coefficient (Wildman–Crippen LogP) is 3.40. The van der Waals surface area contributed by atoms with Crippen LogP contribution in [0.25, 0.3) is 10.9 Å². The average molecular weight is 286 g/mol. The highest BCUT2D eigenvalue weighted by Gasteiger charge is 2.05. The van der Waals surface area contributed by atoms with Gasteiger partial charge in [0.25, 0.3) is 0 Å². The van der Waals surface area contributed by atoms with Crippen LogP contribution >= 0.6 is 11.6 Å². The van der Waals surface area contributed by atoms with Crippen molar-refractivity contribution in [2.24, 2.45) is 0 Å². The van der Waals surface area contributed by atoms with E-state index in [1.165, 1.54) is 0 Å². The van der Waals surface area contributed by atoms with Crippen molar-refractivity contribution >= 4 is 34.1 Å². The summed E-state index contributed by atoms with van der Waals surface area (Å²) < 4.78 is 0. The Morgan fingerprint density at radius 2 is 2.00 bits per heavy atom. The molecule has 0 bridgehead atoms. The van der Waals surface area contributed by atoms with Crippen LogP contribution < -0.4 is 5.32 Å². The molecule has 0 aliphatic rings. The van der Waals surface area contributed by atoms with Gasteiger partial charge < -0.3 is 5.32 Å². The van der Waals surface area contributed by atoms with E-state index in [0.29, 0.717) is 11.4 Å². The van der Waals surface area contributed by atoms with Gasteiger partial charge in [0, 0.05) is 16.1 Å². The van der Waals surface area contributed by atoms with Crippen LogP contribution in [0.2, 0.25) is 5.02 Å². The molecule has 0 fully saturated rings. The van der Waals surface area contributed by atoms with E-state index in [-0.39, 0.29) is 5.91 Å². The fourth-order valence-electron chi connectivity index (χ4n) is 2.01. The van der Waals surface area contributed by atoms with Crippen molar-refractivity contribution < 1.29 is 4.79 Å². The highest BCUT2D eigenvalue weighted by Crippen LogP contribution is 2.17. The van der Waals surface area contributed by atoms with Gasteiger partial charge in [-0.2, -0.15) is 5.10 Å². The number of benzene rings is 2. The van der Waals surface area contributed by atoms with E-state index in [9.17, 15) is 4.79 Å². The van der Waals surface area contributed by atoms with Crippen LogP contribution in [0.3, 0.4) is 0 Å². The lowest BCUT2D eigenvalue weighted by molar-refractivity contribution is -0.115. The Bertz CT molecular complexity index is 749. The zero-order valence-corrected chi connectivity index (χ0v) is 11.3. The third kappa shape index (κ3) is 2.81. The average Bonchev–Trinajstić information content (AvgIpc) is 2.89. The normalized spacial score (nSPS) is 10.7. The molecule has 0 unspecified atom stereocenters. The summed E-state index contributed by atoms with van der Waals surface area (Å²) in [5.74, 6) is -0.0600. The second kappa shape index (κ2) is 5.35. The van der Waals surface area contributed by atoms with E-state index in [1.807, 2.05) is 30.3 Å². The molecule has 4 nitrogen and oxygen atoms in total. The van der Waals surface area contributed by atoms with Crippen LogP contribution in [0.5, 0.6) is 0 Å². The van der Waals surface area contributed by atoms with E-state index in [4.69, 9.17) is 11.6 Å². The molecule has 5 heteroatoms. The molecule has 2 aromatic carbocycles. The first-order chi connectivity index (χ1) is 9.70. The molecule has 1 heterocycles. The van der Waals surface area contributed by atoms with Gasteiger partial charge in [-0.25, -0.2) is 0 Å². The zero-order valence-electron chi connectivity index (χ0n) is 10.6. The highest BCUT2D eigenvalue weighted by molar-refractivity contribution is 6.30. The molecule has 0 atom stereocenters. The Kier molecular flexibility index (Phi) is 3.39. The fourth-order valence-corrected chi connectivity index (χ4v) is 2.14. The second-order valence-electron chi connectivity index (χ2n) is 4.52. The first kappa shape index (κ1) is 12.7. The molecule has 20 heavy (non-hydrogen) atoms. The predicted molar refractivity (Wildman–Crippen MR) is 79.9 cm³/mol. The lowest BCUT2D eigenvalue weighted by atomic mass is 10.1. The van der Waals surface area contributed by atoms with Gasteiger partial charge in [-0.15, -0.1) is 0 Å². The van der Waals surface area contributed by atoms with Crippen LogP contribution in [0.4, 0.5) is 5.69 Å². The number of halogens is 1. The van der Waals surface area contributed by atoms with Crippen LogP contribution in [-0.2, 0) is 11.2 Å². The quantitative estimate of drug-likeness (QED) is 0.775. The van der Waals surface area contributed by atoms with Gasteiger partial charge >= 0.3 is 0 Å². The SMILES string of the molecule is O=C(Cc1ccc(Cl)cc1)Nc1ccc2[nH]ncc2c1. The number of nitrogens with one attached hydrogen (secondary N) is 2. The van der Waals surface area contributed by atoms with Gasteiger partial charge in [0.05, 0.1) is 18.1 Å². The van der Waals surface area contributed by atoms with Crippen molar-refractivity contribution in [1.29, 1.82) is 0 Å². The number of carbonyl (C=O) groups excluding carboxylic acids is 1. The zero-order chi connectivity index (χ0) is 13.9. The van der Waals surface area contributed by atoms with Crippen molar-refractivity contribution in [3.63, 3.8) is 0 Å². The number of nitrogens with zero attached hydrogens (tertiary/aromatic N) is 1. The first-order valence-electron chi connectivity index (χ1n) is 6.18. The maximum absolute atomic E-state index is 12.0. The molecule has 1 amide bonds. The summed E-state index contributed by atoms with van der Waals surface area (Å²) in [6, 6.07) is 12.9. The Balaban J connectivity index is 1.70. The Hall–Kier alpha value is -2.33. The summed E-state index contributed by atoms with van der Waals surface area (Å²) in [5.41, 5.74) is 2.63. The lowest BCUT2D eigenvalue weighted by Crippen LogP contribution is -2.14. The summed E-state index contributed by atoms with van der Waals surface area (Å²) in [6.07, 6.45) is 2.05. The van der Waals surface area contributed by atoms with E-state index in [2.05, 4.69) is 15.5 Å². The summed E-state index contributed by atoms with van der Waals surface area (Å²) >= 11 is 5.81. The number of rotatable bonds is 3. The summed E-state index contributed by atoms with van der Waals surface area (Å²) in [5, 5.41) is 11.3. The number of aromatic amines is 1. The van der Waals surface area contributed by atoms with Crippen LogP contribution in [-0.4, -0.2) is 16.1 Å². The Labute approximate surface area is 120 Å². The van der Waals surface area contributed by atoms with Gasteiger partial charge in [-0.3, -0.25) is 9.89 Å². The smallest absolute Gasteiger partial charge is 0.228 e. The molecule has 0 saturated heterocycles. The molecule has 0 spiro atoms. The van der Waals surface area contributed by atoms with E-state index in [0.717, 1.165) is 22.2 Å². The molecule has 0 aliphatic heterocycles. The van der Waals surface area contributed by atoms with E-state index < -0.39 is 0 Å². The minimum atomic E-state index is -0.0600. The molecule has 3 rings (SSSR count). The number of carbonyl (C=O) groups is 1. The molecule has 1 aromatic heterocycles. The number of hydrogen-bond donors (Lipinski definition) is 2. The third-order valence-corrected chi connectivity index (χ3v) is 3.25. The molecular formula is C15H12ClN3O. The Morgan fingerprint density at radius 3 is 2.80 bits per heavy atom. The third-order valence-electron chi connectivity index (χ3n) is 3.00.